The van der Waals surface area contributed by atoms with Gasteiger partial charge >= 0.3 is 12.3 Å². The Kier molecular flexibility index (Phi) is 15.4. The fraction of sp³-hybridized carbons (Fsp3) is 0.375. The molecule has 0 heterocycles. The van der Waals surface area contributed by atoms with E-state index >= 15 is 0 Å². The zero-order valence-corrected chi connectivity index (χ0v) is 32.8. The lowest BCUT2D eigenvalue weighted by Crippen LogP contribution is -2.09. The summed E-state index contributed by atoms with van der Waals surface area (Å²) in [6, 6.07) is 30.2. The number of carbonyl (C=O) groups excluding carboxylic acids is 4. The van der Waals surface area contributed by atoms with Gasteiger partial charge in [-0.15, -0.1) is 11.6 Å². The van der Waals surface area contributed by atoms with Crippen molar-refractivity contribution in [3.05, 3.63) is 129 Å². The Hall–Kier alpha value is -4.99. The van der Waals surface area contributed by atoms with Crippen LogP contribution in [0.25, 0.3) is 22.3 Å². The van der Waals surface area contributed by atoms with Gasteiger partial charge in [-0.25, -0.2) is 0 Å². The Bertz CT molecular complexity index is 2040. The van der Waals surface area contributed by atoms with Crippen molar-refractivity contribution in [3.8, 4) is 11.5 Å². The number of para-hydroxylation sites is 2. The minimum absolute atomic E-state index is 0.250. The number of fused-ring (bicyclic) bond motifs is 2. The molecule has 1 N–H and O–H groups in total. The van der Waals surface area contributed by atoms with E-state index in [1.54, 1.807) is 5.57 Å². The Morgan fingerprint density at radius 1 is 0.600 bits per heavy atom. The number of aryl methyl sites for hydroxylation is 2. The summed E-state index contributed by atoms with van der Waals surface area (Å²) in [5.41, 5.74) is 16.7. The zero-order valence-electron chi connectivity index (χ0n) is 32.0. The first-order valence-corrected chi connectivity index (χ1v) is 20.1. The summed E-state index contributed by atoms with van der Waals surface area (Å²) in [6.07, 6.45) is 15.8. The number of aromatic hydroxyl groups is 1. The monoisotopic (exact) mass is 758 g/mol. The number of phenols is 1. The summed E-state index contributed by atoms with van der Waals surface area (Å²) in [5, 5.41) is 10.4. The third-order valence-corrected chi connectivity index (χ3v) is 11.4. The second-order valence-corrected chi connectivity index (χ2v) is 15.2. The second kappa shape index (κ2) is 20.6. The lowest BCUT2D eigenvalue weighted by molar-refractivity contribution is -0.193. The number of alkyl halides is 1. The molecule has 0 unspecified atom stereocenters. The van der Waals surface area contributed by atoms with E-state index < -0.39 is 0 Å². The molecule has 0 radical (unpaired) electrons. The van der Waals surface area contributed by atoms with Crippen LogP contribution in [-0.4, -0.2) is 29.9 Å². The molecule has 4 aromatic carbocycles. The summed E-state index contributed by atoms with van der Waals surface area (Å²) < 4.78 is 5.99. The quantitative estimate of drug-likeness (QED) is 0.188. The number of allylic oxidation sites excluding steroid dienone is 4. The van der Waals surface area contributed by atoms with Gasteiger partial charge in [0, 0.05) is 11.1 Å². The summed E-state index contributed by atoms with van der Waals surface area (Å²) in [4.78, 5) is 32.5. The molecule has 0 atom stereocenters. The van der Waals surface area contributed by atoms with Gasteiger partial charge in [0.15, 0.2) is 0 Å². The maximum atomic E-state index is 10.4. The molecule has 55 heavy (non-hydrogen) atoms. The van der Waals surface area contributed by atoms with E-state index in [2.05, 4.69) is 80.6 Å². The predicted molar refractivity (Wildman–Crippen MR) is 217 cm³/mol. The van der Waals surface area contributed by atoms with E-state index in [4.69, 9.17) is 35.5 Å². The average molecular weight is 759 g/mol. The number of hydrogen-bond donors (Lipinski definition) is 1. The molecule has 2 saturated carbocycles. The first kappa shape index (κ1) is 41.2. The SMILES string of the molecule is Cc1ccc2c(c1)CC(c1ccccc1O)=C2C1CCCCC1.Cc1ccc2c(c1)CC(c1ccccc1OCCCl)=C2C1CCCCC1.O=C=O.O=C=O. The minimum Gasteiger partial charge on any atom is -0.507 e. The summed E-state index contributed by atoms with van der Waals surface area (Å²) in [5.74, 6) is 3.25. The van der Waals surface area contributed by atoms with E-state index in [-0.39, 0.29) is 12.3 Å². The van der Waals surface area contributed by atoms with Gasteiger partial charge in [-0.1, -0.05) is 122 Å². The van der Waals surface area contributed by atoms with Gasteiger partial charge in [-0.05, 0) is 121 Å². The molecule has 0 aromatic heterocycles. The predicted octanol–water partition coefficient (Wildman–Crippen LogP) is 11.2. The lowest BCUT2D eigenvalue weighted by atomic mass is 9.79. The molecule has 0 aliphatic heterocycles. The van der Waals surface area contributed by atoms with Crippen molar-refractivity contribution in [2.75, 3.05) is 12.5 Å². The van der Waals surface area contributed by atoms with Crippen LogP contribution in [0.1, 0.15) is 109 Å². The van der Waals surface area contributed by atoms with Crippen molar-refractivity contribution >= 4 is 46.2 Å². The van der Waals surface area contributed by atoms with Gasteiger partial charge in [-0.2, -0.15) is 19.2 Å². The summed E-state index contributed by atoms with van der Waals surface area (Å²) in [7, 11) is 0. The maximum Gasteiger partial charge on any atom is 0.373 e. The van der Waals surface area contributed by atoms with E-state index in [1.807, 2.05) is 18.2 Å². The van der Waals surface area contributed by atoms with Crippen LogP contribution in [0.4, 0.5) is 0 Å². The molecule has 0 bridgehead atoms. The standard InChI is InChI=1S/C24H27ClO.C22H24O.2CO2/c1-17-11-12-20-19(15-17)16-22(24(20)18-7-3-2-4-8-18)21-9-5-6-10-23(21)26-14-13-25;1-15-11-12-18-17(13-15)14-20(19-9-5-6-10-21(19)23)22(18)16-7-3-2-4-8-16;2*2-1-3/h5-6,9-12,15,18H,2-4,7-8,13-14,16H2,1H3;5-6,9-13,16,23H,2-4,7-8,14H2,1H3;;. The van der Waals surface area contributed by atoms with Crippen molar-refractivity contribution in [2.24, 2.45) is 11.8 Å². The third-order valence-electron chi connectivity index (χ3n) is 11.3. The number of rotatable bonds is 7. The van der Waals surface area contributed by atoms with Crippen LogP contribution in [0, 0.1) is 25.7 Å². The van der Waals surface area contributed by atoms with Crippen LogP contribution in [0.5, 0.6) is 11.5 Å². The Labute approximate surface area is 330 Å². The molecular formula is C48H51ClO6. The van der Waals surface area contributed by atoms with Crippen LogP contribution < -0.4 is 4.74 Å². The molecule has 286 valence electrons. The normalized spacial score (nSPS) is 16.2. The molecule has 2 fully saturated rings. The third kappa shape index (κ3) is 10.2. The Morgan fingerprint density at radius 2 is 1.04 bits per heavy atom. The molecule has 8 rings (SSSR count). The maximum absolute atomic E-state index is 10.4. The average Bonchev–Trinajstić information content (AvgIpc) is 3.77. The lowest BCUT2D eigenvalue weighted by Gasteiger charge is -2.26. The highest BCUT2D eigenvalue weighted by atomic mass is 35.5. The smallest absolute Gasteiger partial charge is 0.373 e. The van der Waals surface area contributed by atoms with Crippen molar-refractivity contribution in [1.82, 2.24) is 0 Å². The Balaban J connectivity index is 0.000000186. The van der Waals surface area contributed by atoms with Crippen molar-refractivity contribution in [3.63, 3.8) is 0 Å². The summed E-state index contributed by atoms with van der Waals surface area (Å²) in [6.45, 7) is 4.91. The number of phenolic OH excluding ortho intramolecular Hbond substituents is 1. The van der Waals surface area contributed by atoms with E-state index in [0.717, 1.165) is 24.2 Å². The van der Waals surface area contributed by atoms with Gasteiger partial charge in [-0.3, -0.25) is 0 Å². The van der Waals surface area contributed by atoms with Gasteiger partial charge in [0.2, 0.25) is 0 Å². The highest BCUT2D eigenvalue weighted by molar-refractivity contribution is 6.18. The fourth-order valence-corrected chi connectivity index (χ4v) is 9.15. The molecule has 7 heteroatoms. The van der Waals surface area contributed by atoms with Crippen LogP contribution in [-0.2, 0) is 32.0 Å². The molecule has 4 aliphatic rings. The van der Waals surface area contributed by atoms with Gasteiger partial charge in [0.1, 0.15) is 18.1 Å². The highest BCUT2D eigenvalue weighted by Gasteiger charge is 2.32. The molecule has 4 aliphatic carbocycles. The van der Waals surface area contributed by atoms with Crippen LogP contribution in [0.2, 0.25) is 0 Å². The number of hydrogen-bond acceptors (Lipinski definition) is 6. The Morgan fingerprint density at radius 3 is 1.51 bits per heavy atom. The van der Waals surface area contributed by atoms with Crippen molar-refractivity contribution < 1.29 is 29.0 Å². The number of benzene rings is 4. The summed E-state index contributed by atoms with van der Waals surface area (Å²) >= 11 is 5.87. The fourth-order valence-electron chi connectivity index (χ4n) is 9.07. The first-order chi connectivity index (χ1) is 26.8. The van der Waals surface area contributed by atoms with Gasteiger partial charge < -0.3 is 9.84 Å². The van der Waals surface area contributed by atoms with E-state index in [1.165, 1.54) is 120 Å². The first-order valence-electron chi connectivity index (χ1n) is 19.6. The van der Waals surface area contributed by atoms with Crippen LogP contribution in [0.15, 0.2) is 84.9 Å². The number of ether oxygens (including phenoxy) is 1. The molecular weight excluding hydrogens is 708 g/mol. The van der Waals surface area contributed by atoms with Gasteiger partial charge in [0.05, 0.1) is 5.88 Å². The topological polar surface area (TPSA) is 97.7 Å². The molecule has 6 nitrogen and oxygen atoms in total. The van der Waals surface area contributed by atoms with Gasteiger partial charge in [0.25, 0.3) is 0 Å². The van der Waals surface area contributed by atoms with Crippen molar-refractivity contribution in [1.29, 1.82) is 0 Å². The van der Waals surface area contributed by atoms with Crippen molar-refractivity contribution in [2.45, 2.75) is 90.9 Å². The second-order valence-electron chi connectivity index (χ2n) is 14.8. The van der Waals surface area contributed by atoms with E-state index in [9.17, 15) is 5.11 Å². The zero-order chi connectivity index (χ0) is 39.2. The van der Waals surface area contributed by atoms with Crippen LogP contribution >= 0.6 is 11.6 Å². The minimum atomic E-state index is 0.250. The molecule has 0 saturated heterocycles. The number of halogens is 1. The highest BCUT2D eigenvalue weighted by Crippen LogP contribution is 2.50. The van der Waals surface area contributed by atoms with E-state index in [0.29, 0.717) is 30.1 Å². The largest absolute Gasteiger partial charge is 0.507 e. The van der Waals surface area contributed by atoms with Crippen LogP contribution in [0.3, 0.4) is 0 Å². The molecule has 0 amide bonds. The molecule has 0 spiro atoms. The molecule has 4 aromatic rings.